The first-order valence-electron chi connectivity index (χ1n) is 8.66. The van der Waals surface area contributed by atoms with Crippen molar-refractivity contribution in [1.82, 2.24) is 14.5 Å². The fourth-order valence-electron chi connectivity index (χ4n) is 3.20. The van der Waals surface area contributed by atoms with E-state index in [9.17, 15) is 9.59 Å². The number of fused-ring (bicyclic) bond motifs is 2. The fraction of sp³-hybridized carbons (Fsp3) is 0.316. The van der Waals surface area contributed by atoms with Gasteiger partial charge in [0.05, 0.1) is 11.2 Å². The molecule has 1 aliphatic heterocycles. The highest BCUT2D eigenvalue weighted by molar-refractivity contribution is 7.15. The Kier molecular flexibility index (Phi) is 4.57. The molecule has 0 spiro atoms. The monoisotopic (exact) mass is 368 g/mol. The SMILES string of the molecule is CN1CCc2nc(NC(=O)CCC(=O)n3ccc4ccccc43)sc2C1. The Morgan fingerprint density at radius 3 is 2.96 bits per heavy atom. The third-order valence-electron chi connectivity index (χ3n) is 4.60. The maximum atomic E-state index is 12.4. The molecule has 134 valence electrons. The standard InChI is InChI=1S/C19H20N4O2S/c1-22-10-9-14-16(12-22)26-19(20-14)21-17(24)6-7-18(25)23-11-8-13-4-2-3-5-15(13)23/h2-5,8,11H,6-7,9-10,12H2,1H3,(H,20,21,24). The molecule has 2 aromatic heterocycles. The van der Waals surface area contributed by atoms with Gasteiger partial charge in [0.1, 0.15) is 0 Å². The molecule has 3 heterocycles. The van der Waals surface area contributed by atoms with Crippen molar-refractivity contribution in [1.29, 1.82) is 0 Å². The van der Waals surface area contributed by atoms with Crippen LogP contribution in [0.4, 0.5) is 5.13 Å². The second-order valence-corrected chi connectivity index (χ2v) is 7.65. The van der Waals surface area contributed by atoms with Crippen molar-refractivity contribution in [3.05, 3.63) is 47.1 Å². The molecule has 0 aliphatic carbocycles. The molecule has 0 unspecified atom stereocenters. The van der Waals surface area contributed by atoms with Crippen molar-refractivity contribution >= 4 is 39.2 Å². The number of hydrogen-bond acceptors (Lipinski definition) is 5. The molecule has 6 nitrogen and oxygen atoms in total. The summed E-state index contributed by atoms with van der Waals surface area (Å²) in [5.41, 5.74) is 1.95. The van der Waals surface area contributed by atoms with Crippen molar-refractivity contribution in [2.24, 2.45) is 0 Å². The summed E-state index contributed by atoms with van der Waals surface area (Å²) in [5.74, 6) is -0.254. The van der Waals surface area contributed by atoms with E-state index in [0.717, 1.165) is 36.1 Å². The predicted molar refractivity (Wildman–Crippen MR) is 103 cm³/mol. The van der Waals surface area contributed by atoms with Crippen LogP contribution in [0, 0.1) is 0 Å². The molecule has 1 N–H and O–H groups in total. The van der Waals surface area contributed by atoms with E-state index in [1.165, 1.54) is 16.2 Å². The largest absolute Gasteiger partial charge is 0.302 e. The summed E-state index contributed by atoms with van der Waals surface area (Å²) in [5, 5.41) is 4.49. The fourth-order valence-corrected chi connectivity index (χ4v) is 4.30. The quantitative estimate of drug-likeness (QED) is 0.768. The zero-order chi connectivity index (χ0) is 18.1. The molecule has 0 atom stereocenters. The van der Waals surface area contributed by atoms with E-state index < -0.39 is 0 Å². The third-order valence-corrected chi connectivity index (χ3v) is 5.60. The Bertz CT molecular complexity index is 975. The van der Waals surface area contributed by atoms with Crippen LogP contribution < -0.4 is 5.32 Å². The van der Waals surface area contributed by atoms with Gasteiger partial charge in [-0.15, -0.1) is 11.3 Å². The maximum Gasteiger partial charge on any atom is 0.231 e. The van der Waals surface area contributed by atoms with Crippen LogP contribution in [0.5, 0.6) is 0 Å². The second kappa shape index (κ2) is 7.01. The first kappa shape index (κ1) is 16.9. The summed E-state index contributed by atoms with van der Waals surface area (Å²) in [6, 6.07) is 9.62. The number of carbonyl (C=O) groups is 2. The van der Waals surface area contributed by atoms with Crippen LogP contribution >= 0.6 is 11.3 Å². The number of aromatic nitrogens is 2. The number of benzene rings is 1. The molecule has 0 radical (unpaired) electrons. The Hall–Kier alpha value is -2.51. The highest BCUT2D eigenvalue weighted by Crippen LogP contribution is 2.27. The first-order chi connectivity index (χ1) is 12.6. The van der Waals surface area contributed by atoms with Gasteiger partial charge in [0.15, 0.2) is 5.13 Å². The van der Waals surface area contributed by atoms with Gasteiger partial charge in [-0.25, -0.2) is 4.98 Å². The van der Waals surface area contributed by atoms with Gasteiger partial charge in [0.2, 0.25) is 11.8 Å². The third kappa shape index (κ3) is 3.40. The van der Waals surface area contributed by atoms with Crippen LogP contribution in [-0.2, 0) is 17.8 Å². The van der Waals surface area contributed by atoms with Gasteiger partial charge in [-0.3, -0.25) is 14.2 Å². The highest BCUT2D eigenvalue weighted by Gasteiger charge is 2.19. The number of likely N-dealkylation sites (N-methyl/N-ethyl adjacent to an activating group) is 1. The number of rotatable bonds is 4. The number of nitrogens with zero attached hydrogens (tertiary/aromatic N) is 3. The Morgan fingerprint density at radius 1 is 1.23 bits per heavy atom. The van der Waals surface area contributed by atoms with E-state index in [1.54, 1.807) is 10.8 Å². The molecule has 4 rings (SSSR count). The minimum absolute atomic E-state index is 0.0820. The van der Waals surface area contributed by atoms with Gasteiger partial charge in [-0.2, -0.15) is 0 Å². The Balaban J connectivity index is 1.36. The average Bonchev–Trinajstić information content (AvgIpc) is 3.22. The molecule has 0 bridgehead atoms. The highest BCUT2D eigenvalue weighted by atomic mass is 32.1. The van der Waals surface area contributed by atoms with E-state index in [0.29, 0.717) is 5.13 Å². The Labute approximate surface area is 155 Å². The Morgan fingerprint density at radius 2 is 2.08 bits per heavy atom. The lowest BCUT2D eigenvalue weighted by molar-refractivity contribution is -0.116. The van der Waals surface area contributed by atoms with Gasteiger partial charge in [-0.05, 0) is 19.2 Å². The van der Waals surface area contributed by atoms with Crippen LogP contribution in [0.25, 0.3) is 10.9 Å². The van der Waals surface area contributed by atoms with Crippen LogP contribution in [-0.4, -0.2) is 39.9 Å². The normalized spacial score (nSPS) is 14.3. The predicted octanol–water partition coefficient (Wildman–Crippen LogP) is 3.14. The van der Waals surface area contributed by atoms with Crippen LogP contribution in [0.3, 0.4) is 0 Å². The summed E-state index contributed by atoms with van der Waals surface area (Å²) in [7, 11) is 2.08. The molecule has 3 aromatic rings. The minimum atomic E-state index is -0.172. The zero-order valence-electron chi connectivity index (χ0n) is 14.6. The van der Waals surface area contributed by atoms with Crippen molar-refractivity contribution in [2.45, 2.75) is 25.8 Å². The van der Waals surface area contributed by atoms with Gasteiger partial charge in [0.25, 0.3) is 0 Å². The molecule has 0 fully saturated rings. The summed E-state index contributed by atoms with van der Waals surface area (Å²) >= 11 is 1.53. The molecule has 0 saturated heterocycles. The summed E-state index contributed by atoms with van der Waals surface area (Å²) in [4.78, 5) is 32.6. The zero-order valence-corrected chi connectivity index (χ0v) is 15.4. The van der Waals surface area contributed by atoms with Crippen molar-refractivity contribution in [3.8, 4) is 0 Å². The van der Waals surface area contributed by atoms with E-state index in [4.69, 9.17) is 0 Å². The minimum Gasteiger partial charge on any atom is -0.302 e. The number of anilines is 1. The molecule has 7 heteroatoms. The molecule has 1 aromatic carbocycles. The first-order valence-corrected chi connectivity index (χ1v) is 9.48. The van der Waals surface area contributed by atoms with Crippen LogP contribution in [0.1, 0.15) is 28.2 Å². The lowest BCUT2D eigenvalue weighted by Gasteiger charge is -2.20. The number of amides is 1. The van der Waals surface area contributed by atoms with Crippen molar-refractivity contribution < 1.29 is 9.59 Å². The van der Waals surface area contributed by atoms with Crippen LogP contribution in [0.15, 0.2) is 36.5 Å². The molecule has 1 aliphatic rings. The summed E-state index contributed by atoms with van der Waals surface area (Å²) in [6.45, 7) is 1.87. The number of carbonyl (C=O) groups excluding carboxylic acids is 2. The van der Waals surface area contributed by atoms with Gasteiger partial charge in [0, 0.05) is 48.8 Å². The molecular formula is C19H20N4O2S. The van der Waals surface area contributed by atoms with E-state index in [1.807, 2.05) is 30.3 Å². The van der Waals surface area contributed by atoms with E-state index >= 15 is 0 Å². The van der Waals surface area contributed by atoms with Crippen molar-refractivity contribution in [2.75, 3.05) is 18.9 Å². The van der Waals surface area contributed by atoms with Crippen molar-refractivity contribution in [3.63, 3.8) is 0 Å². The number of para-hydroxylation sites is 1. The topological polar surface area (TPSA) is 67.2 Å². The summed E-state index contributed by atoms with van der Waals surface area (Å²) in [6.07, 6.45) is 2.99. The summed E-state index contributed by atoms with van der Waals surface area (Å²) < 4.78 is 1.61. The molecular weight excluding hydrogens is 348 g/mol. The van der Waals surface area contributed by atoms with Gasteiger partial charge >= 0.3 is 0 Å². The molecule has 0 saturated carbocycles. The van der Waals surface area contributed by atoms with Gasteiger partial charge < -0.3 is 10.2 Å². The molecule has 1 amide bonds. The van der Waals surface area contributed by atoms with E-state index in [-0.39, 0.29) is 24.7 Å². The lowest BCUT2D eigenvalue weighted by Crippen LogP contribution is -2.25. The van der Waals surface area contributed by atoms with E-state index in [2.05, 4.69) is 22.2 Å². The van der Waals surface area contributed by atoms with Gasteiger partial charge in [-0.1, -0.05) is 18.2 Å². The smallest absolute Gasteiger partial charge is 0.231 e. The molecule has 26 heavy (non-hydrogen) atoms. The second-order valence-electron chi connectivity index (χ2n) is 6.56. The number of hydrogen-bond donors (Lipinski definition) is 1. The number of nitrogens with one attached hydrogen (secondary N) is 1. The number of thiazole rings is 1. The van der Waals surface area contributed by atoms with Crippen LogP contribution in [0.2, 0.25) is 0 Å². The average molecular weight is 368 g/mol. The maximum absolute atomic E-state index is 12.4. The lowest BCUT2D eigenvalue weighted by atomic mass is 10.2.